The number of hydrogen-bond donors (Lipinski definition) is 0. The van der Waals surface area contributed by atoms with Crippen LogP contribution in [-0.2, 0) is 5.41 Å². The molecule has 0 bridgehead atoms. The molecule has 55 heavy (non-hydrogen) atoms. The van der Waals surface area contributed by atoms with Crippen molar-refractivity contribution in [1.82, 2.24) is 24.5 Å². The highest BCUT2D eigenvalue weighted by atomic mass is 16.3. The van der Waals surface area contributed by atoms with E-state index in [1.807, 2.05) is 66.7 Å². The summed E-state index contributed by atoms with van der Waals surface area (Å²) in [7, 11) is 0. The molecule has 0 aliphatic heterocycles. The Kier molecular flexibility index (Phi) is 6.79. The van der Waals surface area contributed by atoms with Gasteiger partial charge in [0.25, 0.3) is 0 Å². The number of oxazole rings is 1. The first-order valence-electron chi connectivity index (χ1n) is 18.5. The summed E-state index contributed by atoms with van der Waals surface area (Å²) in [5.41, 5.74) is 15.0. The van der Waals surface area contributed by atoms with Gasteiger partial charge in [0.1, 0.15) is 5.52 Å². The standard InChI is InChI=1S/C49H33N5O/c1-49(2)40-28-33(18-21-36(40)37-22-25-43-45(44(37)49)50-29-55-43)32-19-23-41-38(26-32)39-27-34(20-24-42(39)54(41)35-16-10-5-11-17-35)48-52-46(30-12-6-3-7-13-30)51-47(53-48)31-14-8-4-9-15-31/h3-29H,1-2H3. The monoisotopic (exact) mass is 707 g/mol. The van der Waals surface area contributed by atoms with Crippen LogP contribution >= 0.6 is 0 Å². The summed E-state index contributed by atoms with van der Waals surface area (Å²) >= 11 is 0. The van der Waals surface area contributed by atoms with Gasteiger partial charge in [-0.25, -0.2) is 19.9 Å². The van der Waals surface area contributed by atoms with Gasteiger partial charge < -0.3 is 8.98 Å². The zero-order valence-corrected chi connectivity index (χ0v) is 30.2. The largest absolute Gasteiger partial charge is 0.443 e. The van der Waals surface area contributed by atoms with Gasteiger partial charge in [-0.05, 0) is 88.0 Å². The fourth-order valence-corrected chi connectivity index (χ4v) is 8.53. The predicted octanol–water partition coefficient (Wildman–Crippen LogP) is 12.1. The molecule has 0 saturated carbocycles. The molecule has 0 amide bonds. The molecule has 6 heteroatoms. The van der Waals surface area contributed by atoms with Gasteiger partial charge in [-0.15, -0.1) is 0 Å². The molecule has 1 aliphatic rings. The molecule has 0 saturated heterocycles. The fourth-order valence-electron chi connectivity index (χ4n) is 8.53. The molecule has 0 N–H and O–H groups in total. The second kappa shape index (κ2) is 11.9. The molecule has 3 aromatic heterocycles. The number of fused-ring (bicyclic) bond motifs is 8. The lowest BCUT2D eigenvalue weighted by Gasteiger charge is -2.22. The van der Waals surface area contributed by atoms with Crippen molar-refractivity contribution in [1.29, 1.82) is 0 Å². The molecule has 0 atom stereocenters. The van der Waals surface area contributed by atoms with Crippen molar-refractivity contribution < 1.29 is 4.42 Å². The summed E-state index contributed by atoms with van der Waals surface area (Å²) in [6.45, 7) is 4.59. The maximum Gasteiger partial charge on any atom is 0.181 e. The zero-order valence-electron chi connectivity index (χ0n) is 30.2. The molecule has 0 fully saturated rings. The van der Waals surface area contributed by atoms with E-state index < -0.39 is 0 Å². The molecule has 3 heterocycles. The first-order valence-corrected chi connectivity index (χ1v) is 18.5. The van der Waals surface area contributed by atoms with E-state index in [0.717, 1.165) is 60.8 Å². The van der Waals surface area contributed by atoms with E-state index in [1.165, 1.54) is 27.8 Å². The first kappa shape index (κ1) is 31.4. The molecule has 0 unspecified atom stereocenters. The third-order valence-corrected chi connectivity index (χ3v) is 11.2. The summed E-state index contributed by atoms with van der Waals surface area (Å²) in [6, 6.07) is 55.3. The van der Waals surface area contributed by atoms with Crippen molar-refractivity contribution in [3.05, 3.63) is 175 Å². The van der Waals surface area contributed by atoms with Crippen LogP contribution in [0.1, 0.15) is 25.0 Å². The van der Waals surface area contributed by atoms with E-state index in [1.54, 1.807) is 6.39 Å². The predicted molar refractivity (Wildman–Crippen MR) is 221 cm³/mol. The maximum atomic E-state index is 5.70. The normalized spacial score (nSPS) is 13.1. The molecule has 1 aliphatic carbocycles. The number of para-hydroxylation sites is 1. The summed E-state index contributed by atoms with van der Waals surface area (Å²) < 4.78 is 8.05. The summed E-state index contributed by atoms with van der Waals surface area (Å²) in [4.78, 5) is 19.7. The highest BCUT2D eigenvalue weighted by Crippen LogP contribution is 2.52. The Morgan fingerprint density at radius 3 is 1.67 bits per heavy atom. The molecule has 6 nitrogen and oxygen atoms in total. The summed E-state index contributed by atoms with van der Waals surface area (Å²) in [5.74, 6) is 1.92. The van der Waals surface area contributed by atoms with Gasteiger partial charge in [-0.1, -0.05) is 117 Å². The van der Waals surface area contributed by atoms with Crippen molar-refractivity contribution in [2.75, 3.05) is 0 Å². The van der Waals surface area contributed by atoms with Gasteiger partial charge in [0.2, 0.25) is 0 Å². The van der Waals surface area contributed by atoms with Gasteiger partial charge in [0.15, 0.2) is 29.4 Å². The zero-order chi connectivity index (χ0) is 36.7. The van der Waals surface area contributed by atoms with Gasteiger partial charge in [0.05, 0.1) is 11.0 Å². The lowest BCUT2D eigenvalue weighted by atomic mass is 9.81. The Labute approximate surface area is 317 Å². The van der Waals surface area contributed by atoms with E-state index in [-0.39, 0.29) is 5.41 Å². The van der Waals surface area contributed by atoms with Gasteiger partial charge in [-0.2, -0.15) is 0 Å². The fraction of sp³-hybridized carbons (Fsp3) is 0.0612. The highest BCUT2D eigenvalue weighted by molar-refractivity contribution is 6.11. The first-order chi connectivity index (χ1) is 27.0. The van der Waals surface area contributed by atoms with Crippen LogP contribution in [0.15, 0.2) is 169 Å². The van der Waals surface area contributed by atoms with Crippen LogP contribution in [0, 0.1) is 0 Å². The number of hydrogen-bond acceptors (Lipinski definition) is 5. The van der Waals surface area contributed by atoms with E-state index in [9.17, 15) is 0 Å². The van der Waals surface area contributed by atoms with Crippen LogP contribution in [0.2, 0.25) is 0 Å². The molecular weight excluding hydrogens is 675 g/mol. The minimum absolute atomic E-state index is 0.235. The third kappa shape index (κ3) is 4.88. The molecule has 0 spiro atoms. The average molecular weight is 708 g/mol. The average Bonchev–Trinajstić information content (AvgIpc) is 3.92. The van der Waals surface area contributed by atoms with Crippen LogP contribution < -0.4 is 0 Å². The number of aromatic nitrogens is 5. The summed E-state index contributed by atoms with van der Waals surface area (Å²) in [6.07, 6.45) is 1.55. The minimum Gasteiger partial charge on any atom is -0.443 e. The number of benzene rings is 7. The van der Waals surface area contributed by atoms with Crippen molar-refractivity contribution in [3.8, 4) is 62.1 Å². The highest BCUT2D eigenvalue weighted by Gasteiger charge is 2.38. The Morgan fingerprint density at radius 2 is 1.02 bits per heavy atom. The van der Waals surface area contributed by atoms with Gasteiger partial charge in [-0.3, -0.25) is 0 Å². The van der Waals surface area contributed by atoms with E-state index >= 15 is 0 Å². The van der Waals surface area contributed by atoms with Crippen LogP contribution in [0.4, 0.5) is 0 Å². The topological polar surface area (TPSA) is 69.6 Å². The lowest BCUT2D eigenvalue weighted by Crippen LogP contribution is -2.15. The third-order valence-electron chi connectivity index (χ3n) is 11.2. The minimum atomic E-state index is -0.235. The van der Waals surface area contributed by atoms with Crippen LogP contribution in [0.3, 0.4) is 0 Å². The van der Waals surface area contributed by atoms with E-state index in [2.05, 4.69) is 114 Å². The Morgan fingerprint density at radius 1 is 0.491 bits per heavy atom. The Balaban J connectivity index is 1.10. The van der Waals surface area contributed by atoms with Crippen molar-refractivity contribution >= 4 is 32.9 Å². The van der Waals surface area contributed by atoms with Crippen LogP contribution in [-0.4, -0.2) is 24.5 Å². The Bertz CT molecular complexity index is 3050. The Hall–Kier alpha value is -7.18. The summed E-state index contributed by atoms with van der Waals surface area (Å²) in [5, 5.41) is 2.29. The van der Waals surface area contributed by atoms with E-state index in [0.29, 0.717) is 17.5 Å². The maximum absolute atomic E-state index is 5.70. The molecule has 11 rings (SSSR count). The van der Waals surface area contributed by atoms with Crippen molar-refractivity contribution in [2.24, 2.45) is 0 Å². The molecule has 10 aromatic rings. The van der Waals surface area contributed by atoms with Crippen molar-refractivity contribution in [3.63, 3.8) is 0 Å². The molecule has 260 valence electrons. The SMILES string of the molecule is CC1(C)c2cc(-c3ccc4c(c3)c3cc(-c5nc(-c6ccccc6)nc(-c6ccccc6)n5)ccc3n4-c3ccccc3)ccc2-c2ccc3ocnc3c21. The molecular formula is C49H33N5O. The molecule has 0 radical (unpaired) electrons. The number of rotatable bonds is 5. The van der Waals surface area contributed by atoms with E-state index in [4.69, 9.17) is 19.4 Å². The van der Waals surface area contributed by atoms with Gasteiger partial charge in [0, 0.05) is 38.6 Å². The number of nitrogens with zero attached hydrogens (tertiary/aromatic N) is 5. The van der Waals surface area contributed by atoms with Crippen LogP contribution in [0.5, 0.6) is 0 Å². The lowest BCUT2D eigenvalue weighted by molar-refractivity contribution is 0.602. The molecule has 7 aromatic carbocycles. The van der Waals surface area contributed by atoms with Crippen LogP contribution in [0.25, 0.3) is 95.0 Å². The smallest absolute Gasteiger partial charge is 0.181 e. The second-order valence-corrected chi connectivity index (χ2v) is 14.7. The van der Waals surface area contributed by atoms with Crippen molar-refractivity contribution in [2.45, 2.75) is 19.3 Å². The quantitative estimate of drug-likeness (QED) is 0.178. The second-order valence-electron chi connectivity index (χ2n) is 14.7. The van der Waals surface area contributed by atoms with Gasteiger partial charge >= 0.3 is 0 Å².